The molecule has 2 atom stereocenters. The number of halogens is 2. The van der Waals surface area contributed by atoms with E-state index in [0.29, 0.717) is 28.9 Å². The zero-order chi connectivity index (χ0) is 29.7. The van der Waals surface area contributed by atoms with Crippen LogP contribution in [0.5, 0.6) is 5.75 Å². The molecule has 3 aliphatic rings. The van der Waals surface area contributed by atoms with E-state index in [1.54, 1.807) is 30.2 Å². The Kier molecular flexibility index (Phi) is 11.2. The minimum Gasteiger partial charge on any atom is -0.495 e. The van der Waals surface area contributed by atoms with Gasteiger partial charge in [-0.05, 0) is 56.8 Å². The number of methoxy groups -OCH3 is 2. The van der Waals surface area contributed by atoms with Crippen molar-refractivity contribution in [2.75, 3.05) is 56.0 Å². The number of ketones is 1. The minimum atomic E-state index is -3.53. The highest BCUT2D eigenvalue weighted by Gasteiger charge is 2.48. The van der Waals surface area contributed by atoms with Crippen LogP contribution in [0.2, 0.25) is 0 Å². The van der Waals surface area contributed by atoms with Gasteiger partial charge in [0.2, 0.25) is 5.95 Å². The van der Waals surface area contributed by atoms with Crippen LogP contribution < -0.4 is 25.2 Å². The van der Waals surface area contributed by atoms with Crippen molar-refractivity contribution in [1.82, 2.24) is 15.3 Å². The van der Waals surface area contributed by atoms with Gasteiger partial charge in [-0.1, -0.05) is 27.2 Å². The topological polar surface area (TPSA) is 109 Å². The highest BCUT2D eigenvalue weighted by Crippen LogP contribution is 2.40. The first-order chi connectivity index (χ1) is 19.6. The molecule has 12 heteroatoms. The van der Waals surface area contributed by atoms with Gasteiger partial charge in [-0.15, -0.1) is 0 Å². The van der Waals surface area contributed by atoms with E-state index in [-0.39, 0.29) is 30.9 Å². The summed E-state index contributed by atoms with van der Waals surface area (Å²) in [6, 6.07) is 4.80. The molecule has 0 bridgehead atoms. The fourth-order valence-corrected chi connectivity index (χ4v) is 5.51. The number of carbonyl (C=O) groups excluding carboxylic acids is 2. The molecule has 0 spiro atoms. The summed E-state index contributed by atoms with van der Waals surface area (Å²) in [7, 11) is 4.58. The standard InChI is InChI=1S/C22H25F2N5O3.C7H15NO.CH4/c1-13(30)14-8-9-16(18(10-14)32-3)26-21-25-11-17-19(27-21)29(15-6-4-5-7-15)12-22(23,24)20(31)28(17)2;1-6-3-4-8-5-7(6)9-2;/h8-11,15H,4-7,12H2,1-3H3,(H,25,26,27);6-8H,3-5H2,1-2H3;1H4. The van der Waals surface area contributed by atoms with Crippen LogP contribution in [0.1, 0.15) is 63.7 Å². The zero-order valence-corrected chi connectivity index (χ0v) is 24.4. The Morgan fingerprint density at radius 3 is 2.50 bits per heavy atom. The number of nitrogens with one attached hydrogen (secondary N) is 2. The van der Waals surface area contributed by atoms with Crippen molar-refractivity contribution in [2.24, 2.45) is 5.92 Å². The minimum absolute atomic E-state index is 0. The molecule has 2 aliphatic heterocycles. The maximum Gasteiger partial charge on any atom is 0.342 e. The molecule has 1 saturated heterocycles. The fraction of sp³-hybridized carbons (Fsp3) is 0.600. The number of Topliss-reactive ketones (excluding diaryl/α,β-unsaturated/α-hetero) is 1. The number of hydrogen-bond acceptors (Lipinski definition) is 9. The van der Waals surface area contributed by atoms with E-state index in [2.05, 4.69) is 27.5 Å². The summed E-state index contributed by atoms with van der Waals surface area (Å²) in [6.07, 6.45) is 6.49. The van der Waals surface area contributed by atoms with Crippen molar-refractivity contribution in [1.29, 1.82) is 0 Å². The number of benzene rings is 1. The molecule has 1 aliphatic carbocycles. The van der Waals surface area contributed by atoms with Crippen molar-refractivity contribution in [3.63, 3.8) is 0 Å². The largest absolute Gasteiger partial charge is 0.495 e. The van der Waals surface area contributed by atoms with Crippen LogP contribution in [-0.4, -0.2) is 80.6 Å². The van der Waals surface area contributed by atoms with Crippen molar-refractivity contribution in [2.45, 2.75) is 71.4 Å². The van der Waals surface area contributed by atoms with Crippen LogP contribution in [0.4, 0.5) is 31.9 Å². The number of nitrogens with zero attached hydrogens (tertiary/aromatic N) is 4. The summed E-state index contributed by atoms with van der Waals surface area (Å²) in [5, 5.41) is 6.33. The normalized spacial score (nSPS) is 21.8. The molecule has 2 aromatic rings. The predicted molar refractivity (Wildman–Crippen MR) is 160 cm³/mol. The second-order valence-electron chi connectivity index (χ2n) is 10.9. The van der Waals surface area contributed by atoms with E-state index >= 15 is 0 Å². The van der Waals surface area contributed by atoms with Crippen LogP contribution in [0.25, 0.3) is 0 Å². The first-order valence-corrected chi connectivity index (χ1v) is 14.0. The first kappa shape index (κ1) is 33.1. The number of aromatic nitrogens is 2. The molecule has 0 radical (unpaired) electrons. The van der Waals surface area contributed by atoms with Gasteiger partial charge in [0.15, 0.2) is 11.6 Å². The predicted octanol–water partition coefficient (Wildman–Crippen LogP) is 5.06. The maximum atomic E-state index is 14.7. The third kappa shape index (κ3) is 7.33. The summed E-state index contributed by atoms with van der Waals surface area (Å²) in [6.45, 7) is 5.16. The second-order valence-corrected chi connectivity index (χ2v) is 10.9. The Morgan fingerprint density at radius 2 is 1.90 bits per heavy atom. The van der Waals surface area contributed by atoms with Gasteiger partial charge in [-0.3, -0.25) is 9.59 Å². The Balaban J connectivity index is 0.000000415. The smallest absolute Gasteiger partial charge is 0.342 e. The fourth-order valence-electron chi connectivity index (χ4n) is 5.51. The van der Waals surface area contributed by atoms with E-state index < -0.39 is 18.4 Å². The number of carbonyl (C=O) groups is 2. The lowest BCUT2D eigenvalue weighted by Gasteiger charge is -2.31. The average molecular weight is 591 g/mol. The molecule has 3 heterocycles. The van der Waals surface area contributed by atoms with Gasteiger partial charge in [0.25, 0.3) is 5.91 Å². The third-order valence-corrected chi connectivity index (χ3v) is 8.05. The van der Waals surface area contributed by atoms with Crippen molar-refractivity contribution >= 4 is 34.8 Å². The molecule has 2 fully saturated rings. The third-order valence-electron chi connectivity index (χ3n) is 8.05. The molecule has 1 amide bonds. The lowest BCUT2D eigenvalue weighted by Crippen LogP contribution is -2.48. The quantitative estimate of drug-likeness (QED) is 0.447. The lowest BCUT2D eigenvalue weighted by atomic mass is 9.97. The van der Waals surface area contributed by atoms with Gasteiger partial charge in [0.1, 0.15) is 11.4 Å². The highest BCUT2D eigenvalue weighted by atomic mass is 19.3. The number of amides is 1. The molecule has 42 heavy (non-hydrogen) atoms. The number of piperidine rings is 1. The molecule has 5 rings (SSSR count). The van der Waals surface area contributed by atoms with Crippen molar-refractivity contribution in [3.8, 4) is 5.75 Å². The van der Waals surface area contributed by atoms with Gasteiger partial charge >= 0.3 is 5.92 Å². The molecule has 1 aromatic heterocycles. The Bertz CT molecular complexity index is 1240. The summed E-state index contributed by atoms with van der Waals surface area (Å²) >= 11 is 0. The molecule has 2 N–H and O–H groups in total. The SMILES string of the molecule is C.COC1CNCCC1C.COc1cc(C(C)=O)ccc1Nc1ncc2c(n1)N(C1CCCC1)CC(F)(F)C(=O)N2C. The Hall–Kier alpha value is -3.38. The van der Waals surface area contributed by atoms with Crippen LogP contribution in [0.3, 0.4) is 0 Å². The molecular weight excluding hydrogens is 546 g/mol. The number of hydrogen-bond donors (Lipinski definition) is 2. The number of anilines is 4. The molecule has 232 valence electrons. The van der Waals surface area contributed by atoms with Crippen LogP contribution in [0.15, 0.2) is 24.4 Å². The first-order valence-electron chi connectivity index (χ1n) is 14.0. The number of rotatable bonds is 6. The average Bonchev–Trinajstić information content (AvgIpc) is 3.48. The van der Waals surface area contributed by atoms with E-state index in [9.17, 15) is 18.4 Å². The lowest BCUT2D eigenvalue weighted by molar-refractivity contribution is -0.140. The van der Waals surface area contributed by atoms with Gasteiger partial charge in [-0.2, -0.15) is 13.8 Å². The summed E-state index contributed by atoms with van der Waals surface area (Å²) in [5.41, 5.74) is 1.25. The molecule has 1 aromatic carbocycles. The number of alkyl halides is 2. The van der Waals surface area contributed by atoms with Gasteiger partial charge in [0.05, 0.1) is 31.6 Å². The van der Waals surface area contributed by atoms with E-state index in [4.69, 9.17) is 9.47 Å². The monoisotopic (exact) mass is 590 g/mol. The summed E-state index contributed by atoms with van der Waals surface area (Å²) in [5.74, 6) is -3.29. The van der Waals surface area contributed by atoms with Crippen molar-refractivity contribution < 1.29 is 27.8 Å². The number of fused-ring (bicyclic) bond motifs is 1. The van der Waals surface area contributed by atoms with E-state index in [0.717, 1.165) is 49.6 Å². The molecule has 10 nitrogen and oxygen atoms in total. The van der Waals surface area contributed by atoms with Crippen molar-refractivity contribution in [3.05, 3.63) is 30.0 Å². The molecule has 1 saturated carbocycles. The molecular formula is C30H44F2N6O4. The van der Waals surface area contributed by atoms with Gasteiger partial charge in [0, 0.05) is 32.3 Å². The Morgan fingerprint density at radius 1 is 1.19 bits per heavy atom. The van der Waals surface area contributed by atoms with E-state index in [1.807, 2.05) is 0 Å². The Labute approximate surface area is 247 Å². The highest BCUT2D eigenvalue weighted by molar-refractivity contribution is 6.02. The van der Waals surface area contributed by atoms with E-state index in [1.165, 1.54) is 33.7 Å². The van der Waals surface area contributed by atoms with Gasteiger partial charge < -0.3 is 29.9 Å². The summed E-state index contributed by atoms with van der Waals surface area (Å²) < 4.78 is 40.0. The van der Waals surface area contributed by atoms with Gasteiger partial charge in [-0.25, -0.2) is 4.98 Å². The zero-order valence-electron chi connectivity index (χ0n) is 24.4. The molecule has 2 unspecified atom stereocenters. The van der Waals surface area contributed by atoms with Crippen LogP contribution in [0, 0.1) is 5.92 Å². The van der Waals surface area contributed by atoms with Crippen LogP contribution >= 0.6 is 0 Å². The number of ether oxygens (including phenoxy) is 2. The second kappa shape index (κ2) is 14.2. The maximum absolute atomic E-state index is 14.7. The van der Waals surface area contributed by atoms with Crippen LogP contribution in [-0.2, 0) is 9.53 Å². The summed E-state index contributed by atoms with van der Waals surface area (Å²) in [4.78, 5) is 35.3.